The van der Waals surface area contributed by atoms with Crippen molar-refractivity contribution in [1.29, 1.82) is 0 Å². The quantitative estimate of drug-likeness (QED) is 0.503. The van der Waals surface area contributed by atoms with Crippen molar-refractivity contribution in [2.75, 3.05) is 0 Å². The van der Waals surface area contributed by atoms with Crippen LogP contribution in [0.3, 0.4) is 0 Å². The van der Waals surface area contributed by atoms with E-state index in [-0.39, 0.29) is 6.42 Å². The first-order valence-corrected chi connectivity index (χ1v) is 8.01. The van der Waals surface area contributed by atoms with Crippen molar-refractivity contribution < 1.29 is 13.1 Å². The highest BCUT2D eigenvalue weighted by molar-refractivity contribution is 6.08. The maximum Gasteiger partial charge on any atom is 0.227 e. The van der Waals surface area contributed by atoms with Crippen molar-refractivity contribution >= 4 is 22.1 Å². The van der Waals surface area contributed by atoms with E-state index < -0.39 is 6.85 Å². The minimum Gasteiger partial charge on any atom is -0.437 e. The summed E-state index contributed by atoms with van der Waals surface area (Å²) in [4.78, 5) is 4.52. The summed E-state index contributed by atoms with van der Waals surface area (Å²) in [5.74, 6) is 0. The lowest BCUT2D eigenvalue weighted by Gasteiger charge is -2.06. The smallest absolute Gasteiger partial charge is 0.227 e. The average Bonchev–Trinajstić information content (AvgIpc) is 2.91. The maximum atomic E-state index is 7.48. The molecule has 0 N–H and O–H groups in total. The Morgan fingerprint density at radius 2 is 1.92 bits per heavy atom. The van der Waals surface area contributed by atoms with Crippen molar-refractivity contribution in [1.82, 2.24) is 4.98 Å². The van der Waals surface area contributed by atoms with Crippen LogP contribution in [0.2, 0.25) is 0 Å². The van der Waals surface area contributed by atoms with Crippen LogP contribution in [0.4, 0.5) is 0 Å². The highest BCUT2D eigenvalue weighted by Crippen LogP contribution is 2.36. The molecule has 3 heterocycles. The zero-order chi connectivity index (χ0) is 19.3. The largest absolute Gasteiger partial charge is 0.437 e. The van der Waals surface area contributed by atoms with Crippen LogP contribution >= 0.6 is 0 Å². The lowest BCUT2D eigenvalue weighted by molar-refractivity contribution is -0.660. The molecule has 0 radical (unpaired) electrons. The highest BCUT2D eigenvalue weighted by Gasteiger charge is 2.20. The Labute approximate surface area is 145 Å². The molecular weight excluding hydrogens is 296 g/mol. The second-order valence-corrected chi connectivity index (χ2v) is 6.25. The summed E-state index contributed by atoms with van der Waals surface area (Å²) in [6, 6.07) is 12.0. The number of furan rings is 1. The van der Waals surface area contributed by atoms with Crippen molar-refractivity contribution in [3.63, 3.8) is 0 Å². The molecule has 0 atom stereocenters. The molecule has 0 spiro atoms. The number of rotatable bonds is 2. The zero-order valence-electron chi connectivity index (χ0n) is 17.1. The van der Waals surface area contributed by atoms with Gasteiger partial charge in [0.25, 0.3) is 0 Å². The van der Waals surface area contributed by atoms with E-state index in [0.29, 0.717) is 5.71 Å². The van der Waals surface area contributed by atoms with E-state index >= 15 is 0 Å². The first-order chi connectivity index (χ1) is 12.7. The number of hydrogen-bond acceptors (Lipinski definition) is 2. The van der Waals surface area contributed by atoms with E-state index in [4.69, 9.17) is 8.53 Å². The normalized spacial score (nSPS) is 13.9. The Morgan fingerprint density at radius 3 is 2.71 bits per heavy atom. The van der Waals surface area contributed by atoms with Gasteiger partial charge >= 0.3 is 0 Å². The van der Waals surface area contributed by atoms with Crippen LogP contribution in [0.1, 0.15) is 27.8 Å². The first-order valence-electron chi connectivity index (χ1n) is 9.51. The van der Waals surface area contributed by atoms with Crippen molar-refractivity contribution in [2.45, 2.75) is 27.1 Å². The molecule has 24 heavy (non-hydrogen) atoms. The van der Waals surface area contributed by atoms with Crippen molar-refractivity contribution in [3.05, 3.63) is 59.4 Å². The topological polar surface area (TPSA) is 29.9 Å². The zero-order valence-corrected chi connectivity index (χ0v) is 14.1. The van der Waals surface area contributed by atoms with Gasteiger partial charge in [-0.1, -0.05) is 19.0 Å². The van der Waals surface area contributed by atoms with Gasteiger partial charge in [-0.05, 0) is 44.0 Å². The second-order valence-electron chi connectivity index (χ2n) is 6.25. The third kappa shape index (κ3) is 2.20. The SMILES string of the molecule is [2H]C([2H])([2H])Cc1ccc(-c2c(C)ccc3c2oc2nc(C)ccc23)[n+](C)c1. The lowest BCUT2D eigenvalue weighted by Crippen LogP contribution is -2.31. The summed E-state index contributed by atoms with van der Waals surface area (Å²) < 4.78 is 30.6. The molecule has 0 aliphatic heterocycles. The molecule has 0 saturated carbocycles. The van der Waals surface area contributed by atoms with Crippen LogP contribution in [0.15, 0.2) is 47.0 Å². The van der Waals surface area contributed by atoms with E-state index in [1.54, 1.807) is 0 Å². The Balaban J connectivity index is 1.93. The van der Waals surface area contributed by atoms with Gasteiger partial charge in [-0.15, -0.1) is 0 Å². The molecule has 0 fully saturated rings. The van der Waals surface area contributed by atoms with Gasteiger partial charge in [0.1, 0.15) is 7.05 Å². The Kier molecular flexibility index (Phi) is 2.68. The molecule has 0 saturated heterocycles. The monoisotopic (exact) mass is 320 g/mol. The standard InChI is InChI=1S/C21H21N2O/c1-5-15-8-11-18(23(4)12-15)19-13(2)6-9-16-17-10-7-14(3)22-21(17)24-20(16)19/h6-12H,5H2,1-4H3/q+1/i1D3. The summed E-state index contributed by atoms with van der Waals surface area (Å²) in [6.45, 7) is 2.02. The molecule has 4 rings (SSSR count). The summed E-state index contributed by atoms with van der Waals surface area (Å²) >= 11 is 0. The number of aromatic nitrogens is 2. The van der Waals surface area contributed by atoms with E-state index in [9.17, 15) is 0 Å². The van der Waals surface area contributed by atoms with Crippen LogP contribution in [-0.2, 0) is 13.5 Å². The van der Waals surface area contributed by atoms with Crippen molar-refractivity contribution in [2.24, 2.45) is 7.05 Å². The van der Waals surface area contributed by atoms with Gasteiger partial charge in [0.05, 0.1) is 5.56 Å². The molecule has 120 valence electrons. The molecule has 3 aromatic heterocycles. The molecule has 0 unspecified atom stereocenters. The summed E-state index contributed by atoms with van der Waals surface area (Å²) in [5, 5.41) is 2.03. The van der Waals surface area contributed by atoms with Gasteiger partial charge < -0.3 is 4.42 Å². The fourth-order valence-electron chi connectivity index (χ4n) is 3.26. The minimum atomic E-state index is -1.98. The van der Waals surface area contributed by atoms with Gasteiger partial charge in [0, 0.05) is 32.2 Å². The van der Waals surface area contributed by atoms with Crippen LogP contribution in [0, 0.1) is 13.8 Å². The number of nitrogens with zero attached hydrogens (tertiary/aromatic N) is 2. The molecule has 0 aliphatic rings. The van der Waals surface area contributed by atoms with Crippen LogP contribution in [0.5, 0.6) is 0 Å². The molecule has 0 amide bonds. The highest BCUT2D eigenvalue weighted by atomic mass is 16.3. The molecular formula is C21H21N2O+. The molecule has 1 aromatic carbocycles. The first kappa shape index (κ1) is 11.8. The molecule has 0 aliphatic carbocycles. The van der Waals surface area contributed by atoms with Crippen LogP contribution in [0.25, 0.3) is 33.3 Å². The van der Waals surface area contributed by atoms with E-state index in [1.807, 2.05) is 49.0 Å². The Bertz CT molecular complexity index is 1180. The fourth-order valence-corrected chi connectivity index (χ4v) is 3.26. The number of pyridine rings is 2. The predicted molar refractivity (Wildman–Crippen MR) is 97.0 cm³/mol. The molecule has 3 heteroatoms. The third-order valence-electron chi connectivity index (χ3n) is 4.51. The number of hydrogen-bond donors (Lipinski definition) is 0. The summed E-state index contributed by atoms with van der Waals surface area (Å²) in [5.41, 5.74) is 6.22. The van der Waals surface area contributed by atoms with Gasteiger partial charge in [0.15, 0.2) is 11.8 Å². The minimum absolute atomic E-state index is 0.0537. The van der Waals surface area contributed by atoms with Crippen molar-refractivity contribution in [3.8, 4) is 11.3 Å². The predicted octanol–water partition coefficient (Wildman–Crippen LogP) is 4.65. The summed E-state index contributed by atoms with van der Waals surface area (Å²) in [6.07, 6.45) is 1.93. The van der Waals surface area contributed by atoms with Gasteiger partial charge in [0.2, 0.25) is 11.4 Å². The third-order valence-corrected chi connectivity index (χ3v) is 4.51. The van der Waals surface area contributed by atoms with Crippen LogP contribution in [-0.4, -0.2) is 4.98 Å². The number of fused-ring (bicyclic) bond motifs is 3. The van der Waals surface area contributed by atoms with Gasteiger partial charge in [-0.25, -0.2) is 9.55 Å². The maximum absolute atomic E-state index is 7.48. The van der Waals surface area contributed by atoms with E-state index in [2.05, 4.69) is 24.0 Å². The molecule has 0 bridgehead atoms. The van der Waals surface area contributed by atoms with Gasteiger partial charge in [-0.2, -0.15) is 0 Å². The Morgan fingerprint density at radius 1 is 1.08 bits per heavy atom. The summed E-state index contributed by atoms with van der Waals surface area (Å²) in [7, 11) is 1.93. The lowest BCUT2D eigenvalue weighted by atomic mass is 10.0. The van der Waals surface area contributed by atoms with E-state index in [1.165, 1.54) is 0 Å². The number of aryl methyl sites for hydroxylation is 4. The average molecular weight is 320 g/mol. The van der Waals surface area contributed by atoms with Gasteiger partial charge in [-0.3, -0.25) is 0 Å². The fraction of sp³-hybridized carbons (Fsp3) is 0.238. The number of benzene rings is 1. The Hall–Kier alpha value is -2.68. The van der Waals surface area contributed by atoms with E-state index in [0.717, 1.165) is 44.4 Å². The molecule has 3 nitrogen and oxygen atoms in total. The molecule has 4 aromatic rings. The van der Waals surface area contributed by atoms with Crippen LogP contribution < -0.4 is 4.57 Å². The second kappa shape index (κ2) is 5.45.